The van der Waals surface area contributed by atoms with Gasteiger partial charge in [-0.3, -0.25) is 9.69 Å². The van der Waals surface area contributed by atoms with Crippen molar-refractivity contribution in [2.75, 3.05) is 39.3 Å². The molecule has 3 fully saturated rings. The molecular weight excluding hydrogens is 364 g/mol. The van der Waals surface area contributed by atoms with Crippen LogP contribution in [-0.2, 0) is 21.5 Å². The highest BCUT2D eigenvalue weighted by Crippen LogP contribution is 2.39. The van der Waals surface area contributed by atoms with E-state index in [-0.39, 0.29) is 11.9 Å². The first-order valence-electron chi connectivity index (χ1n) is 9.82. The molecule has 1 aromatic carbocycles. The largest absolute Gasteiger partial charge is 0.351 e. The molecule has 2 heterocycles. The second kappa shape index (κ2) is 7.87. The third-order valence-corrected chi connectivity index (χ3v) is 8.07. The fraction of sp³-hybridized carbons (Fsp3) is 0.632. The van der Waals surface area contributed by atoms with Crippen LogP contribution in [0.2, 0.25) is 0 Å². The summed E-state index contributed by atoms with van der Waals surface area (Å²) < 4.78 is 29.2. The Hall–Kier alpha value is -1.48. The smallest absolute Gasteiger partial charge is 0.282 e. The van der Waals surface area contributed by atoms with Gasteiger partial charge in [0.25, 0.3) is 10.2 Å². The van der Waals surface area contributed by atoms with Crippen molar-refractivity contribution in [3.05, 3.63) is 35.9 Å². The average Bonchev–Trinajstić information content (AvgIpc) is 3.32. The molecule has 0 radical (unpaired) electrons. The van der Waals surface area contributed by atoms with Crippen molar-refractivity contribution in [2.45, 2.75) is 31.8 Å². The van der Waals surface area contributed by atoms with Gasteiger partial charge in [-0.15, -0.1) is 0 Å². The Morgan fingerprint density at radius 1 is 1.07 bits per heavy atom. The van der Waals surface area contributed by atoms with Crippen molar-refractivity contribution in [1.82, 2.24) is 18.8 Å². The maximum Gasteiger partial charge on any atom is 0.282 e. The van der Waals surface area contributed by atoms with E-state index < -0.39 is 10.2 Å². The zero-order chi connectivity index (χ0) is 18.9. The molecule has 2 bridgehead atoms. The van der Waals surface area contributed by atoms with Crippen LogP contribution in [0.5, 0.6) is 0 Å². The molecule has 4 rings (SSSR count). The normalized spacial score (nSPS) is 27.1. The number of carbonyl (C=O) groups is 1. The van der Waals surface area contributed by atoms with E-state index in [2.05, 4.69) is 5.32 Å². The summed E-state index contributed by atoms with van der Waals surface area (Å²) in [4.78, 5) is 14.2. The van der Waals surface area contributed by atoms with Crippen molar-refractivity contribution in [3.63, 3.8) is 0 Å². The van der Waals surface area contributed by atoms with E-state index in [0.29, 0.717) is 51.7 Å². The van der Waals surface area contributed by atoms with Gasteiger partial charge in [0.2, 0.25) is 5.91 Å². The van der Waals surface area contributed by atoms with Gasteiger partial charge in [0.1, 0.15) is 0 Å². The number of amides is 1. The van der Waals surface area contributed by atoms with E-state index in [1.165, 1.54) is 6.42 Å². The number of piperazine rings is 1. The molecule has 1 N–H and O–H groups in total. The number of piperidine rings is 1. The molecule has 8 heteroatoms. The van der Waals surface area contributed by atoms with Crippen LogP contribution in [0.4, 0.5) is 0 Å². The van der Waals surface area contributed by atoms with Crippen molar-refractivity contribution in [2.24, 2.45) is 5.92 Å². The van der Waals surface area contributed by atoms with Crippen LogP contribution in [0.25, 0.3) is 0 Å². The summed E-state index contributed by atoms with van der Waals surface area (Å²) >= 11 is 0. The monoisotopic (exact) mass is 392 g/mol. The third-order valence-electron chi connectivity index (χ3n) is 6.01. The molecule has 3 aliphatic rings. The molecule has 2 unspecified atom stereocenters. The second-order valence-electron chi connectivity index (χ2n) is 7.85. The maximum atomic E-state index is 12.9. The number of benzene rings is 1. The lowest BCUT2D eigenvalue weighted by Gasteiger charge is -2.37. The Morgan fingerprint density at radius 3 is 2.44 bits per heavy atom. The van der Waals surface area contributed by atoms with Crippen LogP contribution >= 0.6 is 0 Å². The van der Waals surface area contributed by atoms with Gasteiger partial charge in [-0.25, -0.2) is 0 Å². The van der Waals surface area contributed by atoms with Crippen molar-refractivity contribution in [1.29, 1.82) is 0 Å². The van der Waals surface area contributed by atoms with Crippen molar-refractivity contribution >= 4 is 16.1 Å². The van der Waals surface area contributed by atoms with Gasteiger partial charge in [0, 0.05) is 45.3 Å². The van der Waals surface area contributed by atoms with Crippen LogP contribution in [0.1, 0.15) is 24.8 Å². The van der Waals surface area contributed by atoms with E-state index in [9.17, 15) is 13.2 Å². The summed E-state index contributed by atoms with van der Waals surface area (Å²) in [6, 6.07) is 10.0. The van der Waals surface area contributed by atoms with Gasteiger partial charge in [0.05, 0.1) is 6.54 Å². The van der Waals surface area contributed by atoms with Gasteiger partial charge in [-0.1, -0.05) is 30.3 Å². The van der Waals surface area contributed by atoms with Gasteiger partial charge in [-0.2, -0.15) is 17.0 Å². The summed E-state index contributed by atoms with van der Waals surface area (Å²) in [5.74, 6) is 0.534. The first-order chi connectivity index (χ1) is 13.0. The van der Waals surface area contributed by atoms with Gasteiger partial charge < -0.3 is 5.32 Å². The maximum absolute atomic E-state index is 12.9. The minimum atomic E-state index is -3.35. The number of hydrogen-bond acceptors (Lipinski definition) is 4. The summed E-state index contributed by atoms with van der Waals surface area (Å²) in [6.07, 6.45) is 3.20. The first kappa shape index (κ1) is 18.9. The molecule has 2 atom stereocenters. The Kier molecular flexibility index (Phi) is 5.50. The van der Waals surface area contributed by atoms with Gasteiger partial charge in [-0.05, 0) is 30.7 Å². The summed E-state index contributed by atoms with van der Waals surface area (Å²) in [5.41, 5.74) is 1.07. The molecule has 148 valence electrons. The van der Waals surface area contributed by atoms with Crippen LogP contribution in [0.15, 0.2) is 30.3 Å². The molecule has 0 aromatic heterocycles. The van der Waals surface area contributed by atoms with Gasteiger partial charge >= 0.3 is 0 Å². The van der Waals surface area contributed by atoms with E-state index >= 15 is 0 Å². The average molecular weight is 393 g/mol. The highest BCUT2D eigenvalue weighted by Gasteiger charge is 2.46. The number of fused-ring (bicyclic) bond motifs is 2. The van der Waals surface area contributed by atoms with Crippen LogP contribution in [0.3, 0.4) is 0 Å². The van der Waals surface area contributed by atoms with Gasteiger partial charge in [0.15, 0.2) is 0 Å². The first-order valence-corrected chi connectivity index (χ1v) is 11.2. The fourth-order valence-corrected chi connectivity index (χ4v) is 6.37. The molecule has 0 spiro atoms. The molecule has 7 nitrogen and oxygen atoms in total. The number of nitrogens with one attached hydrogen (secondary N) is 1. The minimum absolute atomic E-state index is 0.0213. The molecule has 1 aromatic rings. The van der Waals surface area contributed by atoms with Crippen LogP contribution in [-0.4, -0.2) is 73.1 Å². The lowest BCUT2D eigenvalue weighted by Crippen LogP contribution is -2.55. The number of nitrogens with zero attached hydrogens (tertiary/aromatic N) is 3. The van der Waals surface area contributed by atoms with Crippen LogP contribution < -0.4 is 5.32 Å². The predicted octanol–water partition coefficient (Wildman–Crippen LogP) is 0.650. The minimum Gasteiger partial charge on any atom is -0.351 e. The molecule has 2 saturated heterocycles. The molecule has 1 amide bonds. The SMILES string of the molecule is O=C(CN1CCN(S(=O)(=O)N2CC3CCC2C3)CC1)NCc1ccccc1. The number of carbonyl (C=O) groups excluding carboxylic acids is 1. The summed E-state index contributed by atoms with van der Waals surface area (Å²) in [7, 11) is -3.35. The highest BCUT2D eigenvalue weighted by molar-refractivity contribution is 7.86. The molecule has 27 heavy (non-hydrogen) atoms. The van der Waals surface area contributed by atoms with Crippen LogP contribution in [0, 0.1) is 5.92 Å². The quantitative estimate of drug-likeness (QED) is 0.772. The van der Waals surface area contributed by atoms with E-state index in [4.69, 9.17) is 0 Å². The molecular formula is C19H28N4O3S. The Labute approximate surface area is 161 Å². The van der Waals surface area contributed by atoms with Crippen molar-refractivity contribution in [3.8, 4) is 0 Å². The number of hydrogen-bond donors (Lipinski definition) is 1. The fourth-order valence-electron chi connectivity index (χ4n) is 4.48. The summed E-state index contributed by atoms with van der Waals surface area (Å²) in [6.45, 7) is 3.64. The second-order valence-corrected chi connectivity index (χ2v) is 9.73. The Bertz CT molecular complexity index is 762. The molecule has 2 aliphatic heterocycles. The Balaban J connectivity index is 1.23. The van der Waals surface area contributed by atoms with E-state index in [1.54, 1.807) is 8.61 Å². The predicted molar refractivity (Wildman–Crippen MR) is 103 cm³/mol. The van der Waals surface area contributed by atoms with Crippen molar-refractivity contribution < 1.29 is 13.2 Å². The zero-order valence-electron chi connectivity index (χ0n) is 15.6. The topological polar surface area (TPSA) is 73.0 Å². The standard InChI is InChI=1S/C19H28N4O3S/c24-19(20-13-16-4-2-1-3-5-16)15-21-8-10-22(11-9-21)27(25,26)23-14-17-6-7-18(23)12-17/h1-5,17-18H,6-15H2,(H,20,24). The van der Waals surface area contributed by atoms with E-state index in [1.807, 2.05) is 35.2 Å². The number of rotatable bonds is 6. The molecule has 1 aliphatic carbocycles. The lowest BCUT2D eigenvalue weighted by atomic mass is 10.1. The Morgan fingerprint density at radius 2 is 1.81 bits per heavy atom. The summed E-state index contributed by atoms with van der Waals surface area (Å²) in [5, 5.41) is 2.93. The lowest BCUT2D eigenvalue weighted by molar-refractivity contribution is -0.122. The molecule has 1 saturated carbocycles. The third kappa shape index (κ3) is 4.18. The van der Waals surface area contributed by atoms with E-state index in [0.717, 1.165) is 18.4 Å². The highest BCUT2D eigenvalue weighted by atomic mass is 32.2. The zero-order valence-corrected chi connectivity index (χ0v) is 16.4.